The summed E-state index contributed by atoms with van der Waals surface area (Å²) in [6.45, 7) is 7.71. The van der Waals surface area contributed by atoms with E-state index in [4.69, 9.17) is 9.47 Å². The Hall–Kier alpha value is -4.11. The van der Waals surface area contributed by atoms with Crippen LogP contribution < -0.4 is 19.2 Å². The van der Waals surface area contributed by atoms with Gasteiger partial charge in [-0.1, -0.05) is 48.6 Å². The Labute approximate surface area is 211 Å². The van der Waals surface area contributed by atoms with E-state index in [0.717, 1.165) is 9.87 Å². The molecule has 36 heavy (non-hydrogen) atoms. The molecule has 0 unspecified atom stereocenters. The van der Waals surface area contributed by atoms with Crippen molar-refractivity contribution >= 4 is 27.8 Å². The van der Waals surface area contributed by atoms with Gasteiger partial charge in [0.25, 0.3) is 15.9 Å². The van der Waals surface area contributed by atoms with Crippen molar-refractivity contribution in [2.24, 2.45) is 5.10 Å². The summed E-state index contributed by atoms with van der Waals surface area (Å²) in [7, 11) is -3.98. The van der Waals surface area contributed by atoms with E-state index >= 15 is 0 Å². The zero-order chi connectivity index (χ0) is 26.0. The van der Waals surface area contributed by atoms with Crippen molar-refractivity contribution < 1.29 is 22.7 Å². The van der Waals surface area contributed by atoms with Gasteiger partial charge in [0.1, 0.15) is 13.2 Å². The molecule has 1 amide bonds. The summed E-state index contributed by atoms with van der Waals surface area (Å²) in [5.74, 6) is 0.508. The van der Waals surface area contributed by atoms with Crippen LogP contribution in [0.1, 0.15) is 18.1 Å². The van der Waals surface area contributed by atoms with Gasteiger partial charge in [-0.05, 0) is 61.9 Å². The summed E-state index contributed by atoms with van der Waals surface area (Å²) >= 11 is 0. The van der Waals surface area contributed by atoms with Crippen molar-refractivity contribution in [3.8, 4) is 11.5 Å². The second-order valence-corrected chi connectivity index (χ2v) is 9.55. The lowest BCUT2D eigenvalue weighted by Gasteiger charge is -2.23. The summed E-state index contributed by atoms with van der Waals surface area (Å²) in [6.07, 6.45) is 3.08. The number of aryl methyl sites for hydroxylation is 1. The fourth-order valence-electron chi connectivity index (χ4n) is 3.23. The smallest absolute Gasteiger partial charge is 0.264 e. The number of hydrogen-bond acceptors (Lipinski definition) is 6. The van der Waals surface area contributed by atoms with Crippen molar-refractivity contribution in [1.82, 2.24) is 5.43 Å². The zero-order valence-corrected chi connectivity index (χ0v) is 21.1. The fraction of sp³-hybridized carbons (Fsp3) is 0.185. The van der Waals surface area contributed by atoms with Crippen molar-refractivity contribution in [2.45, 2.75) is 18.7 Å². The van der Waals surface area contributed by atoms with Crippen LogP contribution >= 0.6 is 0 Å². The third-order valence-corrected chi connectivity index (χ3v) is 6.76. The lowest BCUT2D eigenvalue weighted by atomic mass is 10.2. The number of amides is 1. The number of nitrogens with one attached hydrogen (secondary N) is 1. The number of nitrogens with zero attached hydrogens (tertiary/aromatic N) is 2. The molecule has 1 N–H and O–H groups in total. The quantitative estimate of drug-likeness (QED) is 0.224. The number of rotatable bonds is 12. The third-order valence-electron chi connectivity index (χ3n) is 4.97. The first-order valence-electron chi connectivity index (χ1n) is 11.3. The summed E-state index contributed by atoms with van der Waals surface area (Å²) in [5, 5.41) is 3.99. The molecule has 0 aliphatic carbocycles. The van der Waals surface area contributed by atoms with Crippen molar-refractivity contribution in [3.05, 3.63) is 96.6 Å². The number of benzene rings is 3. The van der Waals surface area contributed by atoms with E-state index in [9.17, 15) is 13.2 Å². The molecule has 0 aliphatic heterocycles. The van der Waals surface area contributed by atoms with Crippen LogP contribution in [0, 0.1) is 6.92 Å². The number of hydrogen-bond donors (Lipinski definition) is 1. The Balaban J connectivity index is 1.76. The molecule has 3 aromatic rings. The Morgan fingerprint density at radius 3 is 2.42 bits per heavy atom. The van der Waals surface area contributed by atoms with Gasteiger partial charge in [0.15, 0.2) is 11.5 Å². The maximum absolute atomic E-state index is 13.4. The number of sulfonamides is 1. The van der Waals surface area contributed by atoms with Gasteiger partial charge in [-0.3, -0.25) is 9.10 Å². The highest BCUT2D eigenvalue weighted by Gasteiger charge is 2.27. The van der Waals surface area contributed by atoms with E-state index in [2.05, 4.69) is 17.1 Å². The predicted octanol–water partition coefficient (Wildman–Crippen LogP) is 4.30. The molecule has 3 aromatic carbocycles. The number of carbonyl (C=O) groups excluding carboxylic acids is 1. The van der Waals surface area contributed by atoms with Gasteiger partial charge in [0.05, 0.1) is 23.4 Å². The first-order valence-corrected chi connectivity index (χ1v) is 12.8. The van der Waals surface area contributed by atoms with Crippen molar-refractivity contribution in [2.75, 3.05) is 24.1 Å². The maximum Gasteiger partial charge on any atom is 0.264 e. The first kappa shape index (κ1) is 26.5. The summed E-state index contributed by atoms with van der Waals surface area (Å²) in [6, 6.07) is 20.2. The summed E-state index contributed by atoms with van der Waals surface area (Å²) in [5.41, 5.74) is 4.37. The summed E-state index contributed by atoms with van der Waals surface area (Å²) < 4.78 is 39.0. The standard InChI is InChI=1S/C27H29N3O5S/c1-4-17-35-25-16-13-22(18-26(25)34-5-2)19-28-29-27(31)20-30(23-9-7-6-8-10-23)36(32,33)24-14-11-21(3)12-15-24/h4,6-16,18-19H,1,5,17,20H2,2-3H3,(H,29,31)/b28-19+. The van der Waals surface area contributed by atoms with Gasteiger partial charge >= 0.3 is 0 Å². The monoisotopic (exact) mass is 507 g/mol. The second kappa shape index (κ2) is 12.6. The molecule has 0 spiro atoms. The maximum atomic E-state index is 13.4. The van der Waals surface area contributed by atoms with Crippen LogP contribution in [-0.4, -0.2) is 40.3 Å². The average Bonchev–Trinajstić information content (AvgIpc) is 2.87. The van der Waals surface area contributed by atoms with Gasteiger partial charge in [0, 0.05) is 0 Å². The molecule has 0 bridgehead atoms. The van der Waals surface area contributed by atoms with Gasteiger partial charge in [0.2, 0.25) is 0 Å². The third kappa shape index (κ3) is 6.96. The fourth-order valence-corrected chi connectivity index (χ4v) is 4.65. The molecule has 8 nitrogen and oxygen atoms in total. The molecule has 0 atom stereocenters. The highest BCUT2D eigenvalue weighted by atomic mass is 32.2. The molecule has 0 saturated carbocycles. The minimum Gasteiger partial charge on any atom is -0.490 e. The first-order chi connectivity index (χ1) is 17.3. The minimum atomic E-state index is -3.98. The molecule has 9 heteroatoms. The molecule has 0 saturated heterocycles. The van der Waals surface area contributed by atoms with Crippen LogP contribution in [0.4, 0.5) is 5.69 Å². The van der Waals surface area contributed by atoms with Gasteiger partial charge in [-0.15, -0.1) is 0 Å². The zero-order valence-electron chi connectivity index (χ0n) is 20.3. The lowest BCUT2D eigenvalue weighted by Crippen LogP contribution is -2.39. The van der Waals surface area contributed by atoms with E-state index in [1.165, 1.54) is 18.3 Å². The lowest BCUT2D eigenvalue weighted by molar-refractivity contribution is -0.119. The Bertz CT molecular complexity index is 1310. The molecular formula is C27H29N3O5S. The minimum absolute atomic E-state index is 0.0930. The van der Waals surface area contributed by atoms with E-state index in [-0.39, 0.29) is 4.90 Å². The number of ether oxygens (including phenoxy) is 2. The Morgan fingerprint density at radius 2 is 1.75 bits per heavy atom. The van der Waals surface area contributed by atoms with Crippen molar-refractivity contribution in [1.29, 1.82) is 0 Å². The van der Waals surface area contributed by atoms with Crippen LogP contribution in [0.2, 0.25) is 0 Å². The van der Waals surface area contributed by atoms with Crippen LogP contribution in [0.3, 0.4) is 0 Å². The predicted molar refractivity (Wildman–Crippen MR) is 141 cm³/mol. The molecule has 0 aliphatic rings. The van der Waals surface area contributed by atoms with Crippen LogP contribution in [0.25, 0.3) is 0 Å². The van der Waals surface area contributed by atoms with Crippen LogP contribution in [0.15, 0.2) is 95.4 Å². The molecule has 0 fully saturated rings. The number of carbonyl (C=O) groups is 1. The van der Waals surface area contributed by atoms with E-state index in [1.807, 2.05) is 13.8 Å². The number of anilines is 1. The number of para-hydroxylation sites is 1. The molecular weight excluding hydrogens is 478 g/mol. The highest BCUT2D eigenvalue weighted by molar-refractivity contribution is 7.92. The molecule has 188 valence electrons. The Morgan fingerprint density at radius 1 is 1.03 bits per heavy atom. The van der Waals surface area contributed by atoms with Crippen LogP contribution in [0.5, 0.6) is 11.5 Å². The molecule has 0 aromatic heterocycles. The van der Waals surface area contributed by atoms with Crippen LogP contribution in [-0.2, 0) is 14.8 Å². The van der Waals surface area contributed by atoms with Crippen molar-refractivity contribution in [3.63, 3.8) is 0 Å². The highest BCUT2D eigenvalue weighted by Crippen LogP contribution is 2.28. The SMILES string of the molecule is C=CCOc1ccc(/C=N/NC(=O)CN(c2ccccc2)S(=O)(=O)c2ccc(C)cc2)cc1OCC. The Kier molecular flexibility index (Phi) is 9.24. The van der Waals surface area contributed by atoms with E-state index in [0.29, 0.717) is 36.0 Å². The topological polar surface area (TPSA) is 97.3 Å². The summed E-state index contributed by atoms with van der Waals surface area (Å²) in [4.78, 5) is 12.8. The van der Waals surface area contributed by atoms with Gasteiger partial charge < -0.3 is 9.47 Å². The molecule has 0 heterocycles. The van der Waals surface area contributed by atoms with Gasteiger partial charge in [-0.2, -0.15) is 5.10 Å². The largest absolute Gasteiger partial charge is 0.490 e. The average molecular weight is 508 g/mol. The molecule has 0 radical (unpaired) electrons. The van der Waals surface area contributed by atoms with E-state index in [1.54, 1.807) is 66.7 Å². The number of hydrazone groups is 1. The molecule has 3 rings (SSSR count). The normalized spacial score (nSPS) is 11.2. The van der Waals surface area contributed by atoms with Gasteiger partial charge in [-0.25, -0.2) is 13.8 Å². The second-order valence-electron chi connectivity index (χ2n) is 7.69. The van der Waals surface area contributed by atoms with E-state index < -0.39 is 22.5 Å².